The van der Waals surface area contributed by atoms with Gasteiger partial charge in [-0.1, -0.05) is 0 Å². The summed E-state index contributed by atoms with van der Waals surface area (Å²) in [6.45, 7) is 1.97. The molecule has 0 aliphatic carbocycles. The van der Waals surface area contributed by atoms with Gasteiger partial charge in [0.1, 0.15) is 6.33 Å². The molecule has 0 aliphatic rings. The molecule has 1 aromatic carbocycles. The van der Waals surface area contributed by atoms with Gasteiger partial charge in [0.15, 0.2) is 0 Å². The zero-order chi connectivity index (χ0) is 11.0. The first kappa shape index (κ1) is 9.03. The monoisotopic (exact) mass is 210 g/mol. The molecule has 0 atom stereocenters. The van der Waals surface area contributed by atoms with Gasteiger partial charge in [-0.05, 0) is 25.1 Å². The highest BCUT2D eigenvalue weighted by Gasteiger charge is 2.00. The standard InChI is InChI=1S/C12H10N4/c1-9-6-16(8-15-9)11-2-3-12-10(4-11)5-13-7-14-12/h2-8H,1H3. The molecular formula is C12H10N4. The first-order valence-electron chi connectivity index (χ1n) is 5.04. The molecule has 2 aromatic heterocycles. The third-order valence-electron chi connectivity index (χ3n) is 2.50. The van der Waals surface area contributed by atoms with E-state index in [1.54, 1.807) is 12.7 Å². The van der Waals surface area contributed by atoms with Crippen LogP contribution in [0.15, 0.2) is 43.2 Å². The molecule has 16 heavy (non-hydrogen) atoms. The molecule has 0 N–H and O–H groups in total. The summed E-state index contributed by atoms with van der Waals surface area (Å²) < 4.78 is 1.99. The Labute approximate surface area is 92.6 Å². The molecule has 3 aromatic rings. The van der Waals surface area contributed by atoms with Crippen LogP contribution >= 0.6 is 0 Å². The van der Waals surface area contributed by atoms with Crippen molar-refractivity contribution in [2.45, 2.75) is 6.92 Å². The first-order chi connectivity index (χ1) is 7.83. The van der Waals surface area contributed by atoms with Crippen molar-refractivity contribution in [3.05, 3.63) is 48.9 Å². The average molecular weight is 210 g/mol. The molecule has 0 spiro atoms. The Bertz CT molecular complexity index is 642. The molecule has 0 unspecified atom stereocenters. The van der Waals surface area contributed by atoms with E-state index in [-0.39, 0.29) is 0 Å². The second-order valence-electron chi connectivity index (χ2n) is 3.69. The van der Waals surface area contributed by atoms with E-state index in [0.29, 0.717) is 0 Å². The number of fused-ring (bicyclic) bond motifs is 1. The second-order valence-corrected chi connectivity index (χ2v) is 3.69. The fourth-order valence-electron chi connectivity index (χ4n) is 1.70. The largest absolute Gasteiger partial charge is 0.306 e. The molecule has 0 aliphatic heterocycles. The molecule has 4 heteroatoms. The maximum atomic E-state index is 4.20. The van der Waals surface area contributed by atoms with E-state index in [9.17, 15) is 0 Å². The van der Waals surface area contributed by atoms with Gasteiger partial charge in [-0.25, -0.2) is 15.0 Å². The summed E-state index contributed by atoms with van der Waals surface area (Å²) in [6.07, 6.45) is 7.17. The van der Waals surface area contributed by atoms with Gasteiger partial charge in [0, 0.05) is 23.5 Å². The number of benzene rings is 1. The Balaban J connectivity index is 2.18. The molecule has 0 bridgehead atoms. The van der Waals surface area contributed by atoms with Crippen LogP contribution in [0.2, 0.25) is 0 Å². The van der Waals surface area contributed by atoms with E-state index in [1.807, 2.05) is 36.0 Å². The summed E-state index contributed by atoms with van der Waals surface area (Å²) in [5, 5.41) is 1.03. The van der Waals surface area contributed by atoms with Gasteiger partial charge in [0.05, 0.1) is 17.5 Å². The van der Waals surface area contributed by atoms with Crippen LogP contribution in [0.3, 0.4) is 0 Å². The molecule has 0 saturated carbocycles. The Kier molecular flexibility index (Phi) is 1.93. The quantitative estimate of drug-likeness (QED) is 0.618. The lowest BCUT2D eigenvalue weighted by Crippen LogP contribution is -1.90. The smallest absolute Gasteiger partial charge is 0.116 e. The maximum absolute atomic E-state index is 4.20. The zero-order valence-electron chi connectivity index (χ0n) is 8.83. The third kappa shape index (κ3) is 1.44. The topological polar surface area (TPSA) is 43.6 Å². The van der Waals surface area contributed by atoms with E-state index >= 15 is 0 Å². The summed E-state index contributed by atoms with van der Waals surface area (Å²) in [5.74, 6) is 0. The molecule has 4 nitrogen and oxygen atoms in total. The van der Waals surface area contributed by atoms with Crippen LogP contribution in [0.25, 0.3) is 16.6 Å². The molecule has 0 fully saturated rings. The number of hydrogen-bond acceptors (Lipinski definition) is 3. The van der Waals surface area contributed by atoms with Gasteiger partial charge in [-0.3, -0.25) is 0 Å². The van der Waals surface area contributed by atoms with Crippen LogP contribution in [0.5, 0.6) is 0 Å². The van der Waals surface area contributed by atoms with Crippen molar-refractivity contribution in [1.29, 1.82) is 0 Å². The lowest BCUT2D eigenvalue weighted by molar-refractivity contribution is 1.06. The van der Waals surface area contributed by atoms with Gasteiger partial charge >= 0.3 is 0 Å². The van der Waals surface area contributed by atoms with Gasteiger partial charge in [-0.15, -0.1) is 0 Å². The average Bonchev–Trinajstić information content (AvgIpc) is 2.75. The minimum absolute atomic E-state index is 0.954. The highest BCUT2D eigenvalue weighted by molar-refractivity contribution is 5.79. The van der Waals surface area contributed by atoms with E-state index in [2.05, 4.69) is 21.0 Å². The number of nitrogens with zero attached hydrogens (tertiary/aromatic N) is 4. The predicted molar refractivity (Wildman–Crippen MR) is 61.4 cm³/mol. The fraction of sp³-hybridized carbons (Fsp3) is 0.0833. The highest BCUT2D eigenvalue weighted by Crippen LogP contribution is 2.15. The van der Waals surface area contributed by atoms with Gasteiger partial charge in [0.2, 0.25) is 0 Å². The molecule has 0 radical (unpaired) electrons. The maximum Gasteiger partial charge on any atom is 0.116 e. The van der Waals surface area contributed by atoms with E-state index in [1.165, 1.54) is 0 Å². The summed E-state index contributed by atoms with van der Waals surface area (Å²) in [6, 6.07) is 6.06. The number of aryl methyl sites for hydroxylation is 1. The zero-order valence-corrected chi connectivity index (χ0v) is 8.83. The van der Waals surface area contributed by atoms with Crippen molar-refractivity contribution in [2.75, 3.05) is 0 Å². The van der Waals surface area contributed by atoms with Gasteiger partial charge < -0.3 is 4.57 Å². The molecule has 3 rings (SSSR count). The summed E-state index contributed by atoms with van der Waals surface area (Å²) in [5.41, 5.74) is 3.03. The Hall–Kier alpha value is -2.23. The van der Waals surface area contributed by atoms with Crippen LogP contribution in [0.4, 0.5) is 0 Å². The molecular weight excluding hydrogens is 200 g/mol. The van der Waals surface area contributed by atoms with Crippen LogP contribution in [-0.2, 0) is 0 Å². The van der Waals surface area contributed by atoms with Crippen LogP contribution < -0.4 is 0 Å². The van der Waals surface area contributed by atoms with Gasteiger partial charge in [-0.2, -0.15) is 0 Å². The van der Waals surface area contributed by atoms with Crippen molar-refractivity contribution >= 4 is 10.9 Å². The van der Waals surface area contributed by atoms with Gasteiger partial charge in [0.25, 0.3) is 0 Å². The van der Waals surface area contributed by atoms with E-state index in [0.717, 1.165) is 22.3 Å². The highest BCUT2D eigenvalue weighted by atomic mass is 15.0. The number of rotatable bonds is 1. The lowest BCUT2D eigenvalue weighted by Gasteiger charge is -2.02. The lowest BCUT2D eigenvalue weighted by atomic mass is 10.2. The minimum atomic E-state index is 0.954. The van der Waals surface area contributed by atoms with E-state index in [4.69, 9.17) is 0 Å². The Morgan fingerprint density at radius 2 is 2.12 bits per heavy atom. The molecule has 0 saturated heterocycles. The van der Waals surface area contributed by atoms with Crippen molar-refractivity contribution in [2.24, 2.45) is 0 Å². The summed E-state index contributed by atoms with van der Waals surface area (Å²) in [7, 11) is 0. The van der Waals surface area contributed by atoms with Crippen LogP contribution in [0.1, 0.15) is 5.69 Å². The van der Waals surface area contributed by atoms with Crippen molar-refractivity contribution in [3.63, 3.8) is 0 Å². The molecule has 78 valence electrons. The normalized spacial score (nSPS) is 10.8. The summed E-state index contributed by atoms with van der Waals surface area (Å²) >= 11 is 0. The third-order valence-corrected chi connectivity index (χ3v) is 2.50. The number of imidazole rings is 1. The van der Waals surface area contributed by atoms with Crippen molar-refractivity contribution < 1.29 is 0 Å². The number of aromatic nitrogens is 4. The fourth-order valence-corrected chi connectivity index (χ4v) is 1.70. The summed E-state index contributed by atoms with van der Waals surface area (Å²) in [4.78, 5) is 12.4. The molecule has 0 amide bonds. The van der Waals surface area contributed by atoms with Crippen molar-refractivity contribution in [3.8, 4) is 5.69 Å². The Morgan fingerprint density at radius 3 is 2.94 bits per heavy atom. The molecule has 2 heterocycles. The van der Waals surface area contributed by atoms with Crippen LogP contribution in [0, 0.1) is 6.92 Å². The first-order valence-corrected chi connectivity index (χ1v) is 5.04. The minimum Gasteiger partial charge on any atom is -0.306 e. The number of hydrogen-bond donors (Lipinski definition) is 0. The second kappa shape index (κ2) is 3.41. The van der Waals surface area contributed by atoms with E-state index < -0.39 is 0 Å². The van der Waals surface area contributed by atoms with Crippen molar-refractivity contribution in [1.82, 2.24) is 19.5 Å². The van der Waals surface area contributed by atoms with Crippen LogP contribution in [-0.4, -0.2) is 19.5 Å². The predicted octanol–water partition coefficient (Wildman–Crippen LogP) is 2.12. The Morgan fingerprint density at radius 1 is 1.19 bits per heavy atom. The SMILES string of the molecule is Cc1cn(-c2ccc3ncncc3c2)cn1.